The van der Waals surface area contributed by atoms with Crippen molar-refractivity contribution in [3.05, 3.63) is 56.2 Å². The van der Waals surface area contributed by atoms with Crippen LogP contribution in [0, 0.1) is 5.92 Å². The fourth-order valence-corrected chi connectivity index (χ4v) is 3.38. The highest BCUT2D eigenvalue weighted by molar-refractivity contribution is 5.94. The number of hydrogen-bond donors (Lipinski definition) is 2. The second-order valence-electron chi connectivity index (χ2n) is 8.34. The van der Waals surface area contributed by atoms with Crippen LogP contribution in [0.4, 0.5) is 0 Å². The predicted octanol–water partition coefficient (Wildman–Crippen LogP) is 1.49. The largest absolute Gasteiger partial charge is 0.494 e. The van der Waals surface area contributed by atoms with Crippen molar-refractivity contribution in [2.24, 2.45) is 5.92 Å². The lowest BCUT2D eigenvalue weighted by atomic mass is 9.92. The number of nitrogens with one attached hydrogen (secondary N) is 1. The maximum Gasteiger partial charge on any atom is 0.266 e. The number of rotatable bonds is 3. The Balaban J connectivity index is 1.65. The average Bonchev–Trinajstić information content (AvgIpc) is 2.62. The number of carbonyl (C=O) groups is 1. The SMILES string of the molecule is CC(C)(C)c1ccc(=O)n(CC2CCN(C(=O)c3cc(O)[nH]c(=O)c3)CC2)n1. The number of pyridine rings is 1. The van der Waals surface area contributed by atoms with Crippen molar-refractivity contribution in [3.8, 4) is 5.88 Å². The smallest absolute Gasteiger partial charge is 0.266 e. The van der Waals surface area contributed by atoms with Crippen LogP contribution in [0.5, 0.6) is 5.88 Å². The lowest BCUT2D eigenvalue weighted by Gasteiger charge is -2.32. The summed E-state index contributed by atoms with van der Waals surface area (Å²) >= 11 is 0. The van der Waals surface area contributed by atoms with E-state index >= 15 is 0 Å². The normalized spacial score (nSPS) is 15.6. The molecular formula is C20H26N4O4. The second-order valence-corrected chi connectivity index (χ2v) is 8.34. The summed E-state index contributed by atoms with van der Waals surface area (Å²) < 4.78 is 1.53. The van der Waals surface area contributed by atoms with Gasteiger partial charge in [0.15, 0.2) is 5.88 Å². The second kappa shape index (κ2) is 7.61. The van der Waals surface area contributed by atoms with Gasteiger partial charge in [-0.3, -0.25) is 19.4 Å². The van der Waals surface area contributed by atoms with E-state index in [-0.39, 0.29) is 34.2 Å². The first-order valence-corrected chi connectivity index (χ1v) is 9.45. The third-order valence-electron chi connectivity index (χ3n) is 5.04. The highest BCUT2D eigenvalue weighted by atomic mass is 16.3. The molecule has 0 aliphatic carbocycles. The standard InChI is InChI=1S/C20H26N4O4/c1-20(2,3)15-4-5-18(27)24(22-15)12-13-6-8-23(9-7-13)19(28)14-10-16(25)21-17(26)11-14/h4-5,10-11,13H,6-9,12H2,1-3H3,(H2,21,25,26). The molecule has 28 heavy (non-hydrogen) atoms. The molecule has 1 aliphatic heterocycles. The lowest BCUT2D eigenvalue weighted by molar-refractivity contribution is 0.0679. The van der Waals surface area contributed by atoms with Crippen molar-refractivity contribution in [2.45, 2.75) is 45.6 Å². The van der Waals surface area contributed by atoms with Gasteiger partial charge in [0.25, 0.3) is 17.0 Å². The molecule has 0 spiro atoms. The molecule has 0 unspecified atom stereocenters. The van der Waals surface area contributed by atoms with E-state index in [1.165, 1.54) is 16.8 Å². The van der Waals surface area contributed by atoms with Crippen molar-refractivity contribution < 1.29 is 9.90 Å². The zero-order valence-electron chi connectivity index (χ0n) is 16.4. The summed E-state index contributed by atoms with van der Waals surface area (Å²) in [4.78, 5) is 40.1. The van der Waals surface area contributed by atoms with E-state index in [4.69, 9.17) is 0 Å². The highest BCUT2D eigenvalue weighted by Gasteiger charge is 2.25. The number of H-pyrrole nitrogens is 1. The first kappa shape index (κ1) is 19.9. The van der Waals surface area contributed by atoms with Crippen LogP contribution in [-0.2, 0) is 12.0 Å². The zero-order valence-corrected chi connectivity index (χ0v) is 16.4. The quantitative estimate of drug-likeness (QED) is 0.831. The van der Waals surface area contributed by atoms with Crippen LogP contribution in [0.1, 0.15) is 49.7 Å². The molecule has 1 amide bonds. The first-order valence-electron chi connectivity index (χ1n) is 9.45. The fourth-order valence-electron chi connectivity index (χ4n) is 3.38. The maximum atomic E-state index is 12.6. The Bertz CT molecular complexity index is 979. The van der Waals surface area contributed by atoms with Gasteiger partial charge in [-0.05, 0) is 24.8 Å². The molecule has 3 rings (SSSR count). The molecule has 0 saturated carbocycles. The number of aromatic hydroxyl groups is 1. The molecule has 0 radical (unpaired) electrons. The predicted molar refractivity (Wildman–Crippen MR) is 105 cm³/mol. The third kappa shape index (κ3) is 4.49. The molecule has 0 bridgehead atoms. The van der Waals surface area contributed by atoms with Crippen LogP contribution in [0.2, 0.25) is 0 Å². The summed E-state index contributed by atoms with van der Waals surface area (Å²) in [6.45, 7) is 7.76. The molecule has 1 fully saturated rings. The molecule has 1 aliphatic rings. The first-order chi connectivity index (χ1) is 13.1. The van der Waals surface area contributed by atoms with Gasteiger partial charge in [0.2, 0.25) is 0 Å². The van der Waals surface area contributed by atoms with Crippen LogP contribution < -0.4 is 11.1 Å². The summed E-state index contributed by atoms with van der Waals surface area (Å²) in [5, 5.41) is 14.0. The van der Waals surface area contributed by atoms with Crippen LogP contribution in [0.15, 0.2) is 33.9 Å². The Hall–Kier alpha value is -2.90. The van der Waals surface area contributed by atoms with Crippen LogP contribution >= 0.6 is 0 Å². The molecule has 0 aromatic carbocycles. The van der Waals surface area contributed by atoms with E-state index in [1.54, 1.807) is 17.0 Å². The molecular weight excluding hydrogens is 360 g/mol. The lowest BCUT2D eigenvalue weighted by Crippen LogP contribution is -2.40. The van der Waals surface area contributed by atoms with Crippen molar-refractivity contribution in [2.75, 3.05) is 13.1 Å². The number of amides is 1. The van der Waals surface area contributed by atoms with Gasteiger partial charge < -0.3 is 10.0 Å². The fraction of sp³-hybridized carbons (Fsp3) is 0.500. The summed E-state index contributed by atoms with van der Waals surface area (Å²) in [7, 11) is 0. The molecule has 2 aromatic rings. The average molecular weight is 386 g/mol. The van der Waals surface area contributed by atoms with Gasteiger partial charge in [-0.15, -0.1) is 0 Å². The van der Waals surface area contributed by atoms with E-state index in [0.717, 1.165) is 18.5 Å². The Morgan fingerprint density at radius 3 is 2.50 bits per heavy atom. The molecule has 8 heteroatoms. The van der Waals surface area contributed by atoms with E-state index in [9.17, 15) is 19.5 Å². The minimum absolute atomic E-state index is 0.120. The zero-order chi connectivity index (χ0) is 20.5. The van der Waals surface area contributed by atoms with E-state index in [1.807, 2.05) is 0 Å². The number of likely N-dealkylation sites (tertiary alicyclic amines) is 1. The molecule has 2 N–H and O–H groups in total. The van der Waals surface area contributed by atoms with Crippen LogP contribution in [-0.4, -0.2) is 43.8 Å². The molecule has 150 valence electrons. The van der Waals surface area contributed by atoms with Gasteiger partial charge in [0.1, 0.15) is 0 Å². The number of piperidine rings is 1. The Labute approximate surface area is 162 Å². The molecule has 8 nitrogen and oxygen atoms in total. The Morgan fingerprint density at radius 2 is 1.89 bits per heavy atom. The number of nitrogens with zero attached hydrogens (tertiary/aromatic N) is 3. The Morgan fingerprint density at radius 1 is 1.21 bits per heavy atom. The van der Waals surface area contributed by atoms with Crippen molar-refractivity contribution >= 4 is 5.91 Å². The molecule has 0 atom stereocenters. The molecule has 3 heterocycles. The minimum atomic E-state index is -0.512. The highest BCUT2D eigenvalue weighted by Crippen LogP contribution is 2.22. The number of carbonyl (C=O) groups excluding carboxylic acids is 1. The third-order valence-corrected chi connectivity index (χ3v) is 5.04. The van der Waals surface area contributed by atoms with Crippen LogP contribution in [0.3, 0.4) is 0 Å². The van der Waals surface area contributed by atoms with Gasteiger partial charge in [-0.25, -0.2) is 4.68 Å². The van der Waals surface area contributed by atoms with Crippen molar-refractivity contribution in [1.29, 1.82) is 0 Å². The van der Waals surface area contributed by atoms with Crippen molar-refractivity contribution in [1.82, 2.24) is 19.7 Å². The monoisotopic (exact) mass is 386 g/mol. The van der Waals surface area contributed by atoms with Gasteiger partial charge >= 0.3 is 0 Å². The number of aromatic nitrogens is 3. The summed E-state index contributed by atoms with van der Waals surface area (Å²) in [5.41, 5.74) is 0.279. The maximum absolute atomic E-state index is 12.6. The minimum Gasteiger partial charge on any atom is -0.494 e. The summed E-state index contributed by atoms with van der Waals surface area (Å²) in [6, 6.07) is 5.79. The van der Waals surface area contributed by atoms with Crippen LogP contribution in [0.25, 0.3) is 0 Å². The Kier molecular flexibility index (Phi) is 5.40. The molecule has 1 saturated heterocycles. The molecule has 2 aromatic heterocycles. The van der Waals surface area contributed by atoms with E-state index < -0.39 is 5.56 Å². The topological polar surface area (TPSA) is 108 Å². The van der Waals surface area contributed by atoms with Gasteiger partial charge in [0.05, 0.1) is 11.3 Å². The van der Waals surface area contributed by atoms with Crippen molar-refractivity contribution in [3.63, 3.8) is 0 Å². The summed E-state index contributed by atoms with van der Waals surface area (Å²) in [5.74, 6) is -0.350. The van der Waals surface area contributed by atoms with Gasteiger partial charge in [-0.1, -0.05) is 20.8 Å². The summed E-state index contributed by atoms with van der Waals surface area (Å²) in [6.07, 6.45) is 1.49. The van der Waals surface area contributed by atoms with Gasteiger partial charge in [0, 0.05) is 43.2 Å². The van der Waals surface area contributed by atoms with E-state index in [0.29, 0.717) is 19.6 Å². The van der Waals surface area contributed by atoms with Gasteiger partial charge in [-0.2, -0.15) is 5.10 Å². The van der Waals surface area contributed by atoms with E-state index in [2.05, 4.69) is 30.9 Å². The number of aromatic amines is 1. The number of hydrogen-bond acceptors (Lipinski definition) is 5.